The Balaban J connectivity index is 2.56. The predicted octanol–water partition coefficient (Wildman–Crippen LogP) is 2.50. The molecule has 2 heterocycles. The monoisotopic (exact) mass is 362 g/mol. The number of anilines is 1. The number of pyridine rings is 1. The molecule has 2 aromatic heterocycles. The molecule has 7 nitrogen and oxygen atoms in total. The van der Waals surface area contributed by atoms with Gasteiger partial charge in [0, 0.05) is 12.6 Å². The molecular weight excluding hydrogens is 349 g/mol. The van der Waals surface area contributed by atoms with Crippen molar-refractivity contribution in [2.75, 3.05) is 11.9 Å². The highest BCUT2D eigenvalue weighted by Crippen LogP contribution is 2.32. The second kappa shape index (κ2) is 6.20. The van der Waals surface area contributed by atoms with Crippen LogP contribution < -0.4 is 9.50 Å². The van der Waals surface area contributed by atoms with Crippen LogP contribution in [0.3, 0.4) is 0 Å². The third-order valence-electron chi connectivity index (χ3n) is 2.89. The minimum absolute atomic E-state index is 0.113. The zero-order valence-electron chi connectivity index (χ0n) is 12.6. The van der Waals surface area contributed by atoms with E-state index >= 15 is 0 Å². The quantitative estimate of drug-likeness (QED) is 0.648. The van der Waals surface area contributed by atoms with Gasteiger partial charge in [-0.05, 0) is 5.92 Å². The fourth-order valence-electron chi connectivity index (χ4n) is 1.81. The van der Waals surface area contributed by atoms with E-state index in [2.05, 4.69) is 14.6 Å². The molecule has 0 atom stereocenters. The van der Waals surface area contributed by atoms with E-state index in [9.17, 15) is 21.6 Å². The molecule has 24 heavy (non-hydrogen) atoms. The largest absolute Gasteiger partial charge is 0.534 e. The van der Waals surface area contributed by atoms with E-state index in [1.54, 1.807) is 6.07 Å². The lowest BCUT2D eigenvalue weighted by Gasteiger charge is -2.14. The topological polar surface area (TPSA) is 96.5 Å². The molecule has 0 aliphatic rings. The number of aromatic nitrogens is 2. The highest BCUT2D eigenvalue weighted by molar-refractivity contribution is 7.88. The first-order chi connectivity index (χ1) is 11.0. The number of nitrogens with zero attached hydrogens (tertiary/aromatic N) is 3. The molecule has 0 spiro atoms. The SMILES string of the molecule is CC(C)CNc1cc(OS(=O)(=O)C(F)(F)F)c2c(C#N)cnn2c1. The predicted molar refractivity (Wildman–Crippen MR) is 78.8 cm³/mol. The molecular formula is C13H13F3N4O3S. The highest BCUT2D eigenvalue weighted by atomic mass is 32.2. The van der Waals surface area contributed by atoms with Gasteiger partial charge in [0.1, 0.15) is 17.1 Å². The lowest BCUT2D eigenvalue weighted by molar-refractivity contribution is -0.0499. The molecule has 11 heteroatoms. The van der Waals surface area contributed by atoms with Crippen LogP contribution in [-0.2, 0) is 10.1 Å². The molecule has 0 radical (unpaired) electrons. The Hall–Kier alpha value is -2.48. The molecule has 130 valence electrons. The average Bonchev–Trinajstić information content (AvgIpc) is 2.86. The molecule has 1 N–H and O–H groups in total. The molecule has 0 aliphatic carbocycles. The van der Waals surface area contributed by atoms with E-state index in [0.717, 1.165) is 16.8 Å². The summed E-state index contributed by atoms with van der Waals surface area (Å²) in [6.07, 6.45) is 2.53. The standard InChI is InChI=1S/C13H13F3N4O3S/c1-8(2)5-18-10-3-11(23-24(21,22)13(14,15)16)12-9(4-17)6-19-20(12)7-10/h3,6-8,18H,5H2,1-2H3. The van der Waals surface area contributed by atoms with Crippen LogP contribution >= 0.6 is 0 Å². The van der Waals surface area contributed by atoms with E-state index in [0.29, 0.717) is 12.2 Å². The zero-order valence-corrected chi connectivity index (χ0v) is 13.4. The van der Waals surface area contributed by atoms with Crippen molar-refractivity contribution in [3.63, 3.8) is 0 Å². The van der Waals surface area contributed by atoms with Crippen LogP contribution in [0, 0.1) is 17.2 Å². The van der Waals surface area contributed by atoms with Gasteiger partial charge >= 0.3 is 15.6 Å². The molecule has 2 aromatic rings. The summed E-state index contributed by atoms with van der Waals surface area (Å²) in [5, 5.41) is 15.8. The molecule has 0 unspecified atom stereocenters. The van der Waals surface area contributed by atoms with E-state index in [-0.39, 0.29) is 17.0 Å². The van der Waals surface area contributed by atoms with E-state index in [4.69, 9.17) is 5.26 Å². The number of rotatable bonds is 5. The Morgan fingerprint density at radius 2 is 2.12 bits per heavy atom. The second-order valence-corrected chi connectivity index (χ2v) is 6.85. The highest BCUT2D eigenvalue weighted by Gasteiger charge is 2.49. The summed E-state index contributed by atoms with van der Waals surface area (Å²) in [5.74, 6) is -0.397. The molecule has 0 fully saturated rings. The van der Waals surface area contributed by atoms with Crippen LogP contribution in [0.5, 0.6) is 5.75 Å². The molecule has 2 rings (SSSR count). The molecule has 0 amide bonds. The van der Waals surface area contributed by atoms with Gasteiger partial charge < -0.3 is 9.50 Å². The number of hydrogen-bond donors (Lipinski definition) is 1. The van der Waals surface area contributed by atoms with Crippen LogP contribution in [0.15, 0.2) is 18.5 Å². The summed E-state index contributed by atoms with van der Waals surface area (Å²) >= 11 is 0. The second-order valence-electron chi connectivity index (χ2n) is 5.31. The van der Waals surface area contributed by atoms with Crippen molar-refractivity contribution in [1.82, 2.24) is 9.61 Å². The maximum Gasteiger partial charge on any atom is 0.534 e. The fraction of sp³-hybridized carbons (Fsp3) is 0.385. The van der Waals surface area contributed by atoms with Crippen molar-refractivity contribution < 1.29 is 25.8 Å². The number of hydrogen-bond acceptors (Lipinski definition) is 6. The van der Waals surface area contributed by atoms with E-state index < -0.39 is 21.4 Å². The van der Waals surface area contributed by atoms with Gasteiger partial charge in [0.05, 0.1) is 18.1 Å². The third-order valence-corrected chi connectivity index (χ3v) is 3.86. The van der Waals surface area contributed by atoms with Crippen molar-refractivity contribution in [2.45, 2.75) is 19.4 Å². The zero-order chi connectivity index (χ0) is 18.1. The van der Waals surface area contributed by atoms with Gasteiger partial charge in [-0.15, -0.1) is 0 Å². The lowest BCUT2D eigenvalue weighted by Crippen LogP contribution is -2.28. The number of alkyl halides is 3. The summed E-state index contributed by atoms with van der Waals surface area (Å²) in [7, 11) is -5.87. The third kappa shape index (κ3) is 3.53. The van der Waals surface area contributed by atoms with Gasteiger partial charge in [0.2, 0.25) is 0 Å². The first kappa shape index (κ1) is 17.9. The van der Waals surface area contributed by atoms with Crippen molar-refractivity contribution in [2.24, 2.45) is 5.92 Å². The fourth-order valence-corrected chi connectivity index (χ4v) is 2.27. The first-order valence-electron chi connectivity index (χ1n) is 6.71. The van der Waals surface area contributed by atoms with Gasteiger partial charge in [-0.25, -0.2) is 4.52 Å². The Morgan fingerprint density at radius 3 is 2.67 bits per heavy atom. The number of nitrogens with one attached hydrogen (secondary N) is 1. The number of fused-ring (bicyclic) bond motifs is 1. The number of halogens is 3. The van der Waals surface area contributed by atoms with Gasteiger partial charge in [-0.3, -0.25) is 0 Å². The first-order valence-corrected chi connectivity index (χ1v) is 8.12. The minimum Gasteiger partial charge on any atom is -0.383 e. The molecule has 0 aromatic carbocycles. The maximum atomic E-state index is 12.6. The van der Waals surface area contributed by atoms with Gasteiger partial charge in [-0.1, -0.05) is 13.8 Å². The summed E-state index contributed by atoms with van der Waals surface area (Å²) in [4.78, 5) is 0. The van der Waals surface area contributed by atoms with Crippen molar-refractivity contribution in [1.29, 1.82) is 5.26 Å². The molecule has 0 bridgehead atoms. The Kier molecular flexibility index (Phi) is 4.61. The Morgan fingerprint density at radius 1 is 1.46 bits per heavy atom. The minimum atomic E-state index is -5.87. The van der Waals surface area contributed by atoms with Crippen molar-refractivity contribution in [3.05, 3.63) is 24.0 Å². The van der Waals surface area contributed by atoms with Crippen LogP contribution in [0.4, 0.5) is 18.9 Å². The van der Waals surface area contributed by atoms with Crippen molar-refractivity contribution in [3.8, 4) is 11.8 Å². The molecule has 0 aliphatic heterocycles. The Bertz CT molecular complexity index is 898. The van der Waals surface area contributed by atoms with Crippen LogP contribution in [0.25, 0.3) is 5.52 Å². The van der Waals surface area contributed by atoms with Crippen LogP contribution in [0.2, 0.25) is 0 Å². The summed E-state index contributed by atoms with van der Waals surface area (Å²) in [5.41, 5.74) is -5.56. The van der Waals surface area contributed by atoms with E-state index in [1.807, 2.05) is 13.8 Å². The van der Waals surface area contributed by atoms with Gasteiger partial charge in [-0.2, -0.15) is 31.9 Å². The molecule has 0 saturated heterocycles. The summed E-state index contributed by atoms with van der Waals surface area (Å²) in [6.45, 7) is 4.32. The smallest absolute Gasteiger partial charge is 0.383 e. The van der Waals surface area contributed by atoms with Gasteiger partial charge in [0.25, 0.3) is 0 Å². The average molecular weight is 362 g/mol. The van der Waals surface area contributed by atoms with Crippen LogP contribution in [-0.4, -0.2) is 30.1 Å². The summed E-state index contributed by atoms with van der Waals surface area (Å²) in [6, 6.07) is 2.81. The van der Waals surface area contributed by atoms with E-state index in [1.165, 1.54) is 6.20 Å². The van der Waals surface area contributed by atoms with Crippen LogP contribution in [0.1, 0.15) is 19.4 Å². The molecule has 0 saturated carbocycles. The normalized spacial score (nSPS) is 12.4. The maximum absolute atomic E-state index is 12.6. The van der Waals surface area contributed by atoms with Gasteiger partial charge in [0.15, 0.2) is 5.75 Å². The number of nitriles is 1. The Labute approximate surface area is 135 Å². The lowest BCUT2D eigenvalue weighted by atomic mass is 10.2. The summed E-state index contributed by atoms with van der Waals surface area (Å²) < 4.78 is 65.6. The van der Waals surface area contributed by atoms with Crippen molar-refractivity contribution >= 4 is 21.3 Å².